The van der Waals surface area contributed by atoms with Gasteiger partial charge in [0, 0.05) is 22.7 Å². The molecule has 132 valence electrons. The molecular weight excluding hydrogens is 326 g/mol. The summed E-state index contributed by atoms with van der Waals surface area (Å²) in [5.41, 5.74) is -3.38. The predicted octanol–water partition coefficient (Wildman–Crippen LogP) is 0.00100. The number of aliphatic carboxylic acids is 2. The average molecular weight is 343 g/mol. The molecule has 0 amide bonds. The molecule has 2 aliphatic rings. The van der Waals surface area contributed by atoms with Gasteiger partial charge in [-0.15, -0.1) is 0 Å². The van der Waals surface area contributed by atoms with Crippen LogP contribution in [0.2, 0.25) is 0 Å². The lowest BCUT2D eigenvalue weighted by atomic mass is 9.71. The Bertz CT molecular complexity index is 620. The predicted molar refractivity (Wildman–Crippen MR) is 77.7 cm³/mol. The highest BCUT2D eigenvalue weighted by molar-refractivity contribution is 5.75. The molecule has 0 aromatic rings. The Balaban J connectivity index is 2.38. The first-order valence-electron chi connectivity index (χ1n) is 7.27. The molecule has 24 heavy (non-hydrogen) atoms. The van der Waals surface area contributed by atoms with Gasteiger partial charge in [0.2, 0.25) is 5.54 Å². The largest absolute Gasteiger partial charge is 0.481 e. The van der Waals surface area contributed by atoms with Gasteiger partial charge < -0.3 is 10.2 Å². The van der Waals surface area contributed by atoms with Crippen molar-refractivity contribution in [3.63, 3.8) is 0 Å². The number of carbonyl (C=O) groups is 2. The molecule has 0 aromatic heterocycles. The third kappa shape index (κ3) is 3.07. The number of fused-ring (bicyclic) bond motifs is 2. The zero-order chi connectivity index (χ0) is 18.1. The summed E-state index contributed by atoms with van der Waals surface area (Å²) in [6.45, 7) is -0.570. The van der Waals surface area contributed by atoms with Crippen molar-refractivity contribution in [1.29, 1.82) is 0 Å². The van der Waals surface area contributed by atoms with Crippen LogP contribution in [0.3, 0.4) is 0 Å². The molecule has 2 bridgehead atoms. The zero-order valence-electron chi connectivity index (χ0n) is 12.7. The fraction of sp³-hybridized carbons (Fsp3) is 0.692. The van der Waals surface area contributed by atoms with Crippen LogP contribution in [0.5, 0.6) is 0 Å². The number of carboxylic acids is 2. The van der Waals surface area contributed by atoms with Crippen LogP contribution in [0.4, 0.5) is 0 Å². The first-order chi connectivity index (χ1) is 11.1. The smallest absolute Gasteiger partial charge is 0.320 e. The molecule has 2 N–H and O–H groups in total. The van der Waals surface area contributed by atoms with Crippen molar-refractivity contribution in [2.75, 3.05) is 13.1 Å². The summed E-state index contributed by atoms with van der Waals surface area (Å²) in [5.74, 6) is -2.55. The summed E-state index contributed by atoms with van der Waals surface area (Å²) in [6.07, 6.45) is 1.63. The highest BCUT2D eigenvalue weighted by atomic mass is 16.6. The number of carboxylic acid groups (broad SMARTS) is 2. The number of piperidine rings is 1. The van der Waals surface area contributed by atoms with Gasteiger partial charge in [0.15, 0.2) is 0 Å². The van der Waals surface area contributed by atoms with Gasteiger partial charge in [-0.2, -0.15) is 0 Å². The van der Waals surface area contributed by atoms with E-state index in [9.17, 15) is 34.9 Å². The van der Waals surface area contributed by atoms with E-state index in [1.165, 1.54) is 17.1 Å². The van der Waals surface area contributed by atoms with Crippen molar-refractivity contribution in [2.24, 2.45) is 0 Å². The van der Waals surface area contributed by atoms with Crippen LogP contribution in [0, 0.1) is 20.2 Å². The van der Waals surface area contributed by atoms with E-state index < -0.39 is 45.3 Å². The van der Waals surface area contributed by atoms with Gasteiger partial charge in [0.05, 0.1) is 19.5 Å². The highest BCUT2D eigenvalue weighted by Crippen LogP contribution is 2.41. The molecule has 1 heterocycles. The molecule has 2 rings (SSSR count). The molecule has 3 atom stereocenters. The average Bonchev–Trinajstić information content (AvgIpc) is 2.46. The minimum absolute atomic E-state index is 0.0304. The summed E-state index contributed by atoms with van der Waals surface area (Å²) in [7, 11) is 0. The van der Waals surface area contributed by atoms with Crippen LogP contribution in [-0.2, 0) is 9.59 Å². The van der Waals surface area contributed by atoms with Crippen LogP contribution in [0.25, 0.3) is 0 Å². The van der Waals surface area contributed by atoms with E-state index in [-0.39, 0.29) is 32.4 Å². The van der Waals surface area contributed by atoms with Gasteiger partial charge in [0.1, 0.15) is 6.04 Å². The van der Waals surface area contributed by atoms with Gasteiger partial charge in [-0.25, -0.2) is 0 Å². The number of nitro groups is 2. The molecule has 1 fully saturated rings. The van der Waals surface area contributed by atoms with Crippen LogP contribution in [0.1, 0.15) is 25.7 Å². The van der Waals surface area contributed by atoms with Crippen molar-refractivity contribution in [1.82, 2.24) is 4.90 Å². The summed E-state index contributed by atoms with van der Waals surface area (Å²) in [5, 5.41) is 41.2. The van der Waals surface area contributed by atoms with Gasteiger partial charge in [-0.1, -0.05) is 6.08 Å². The molecular formula is C13H17N3O8. The molecule has 0 aromatic carbocycles. The fourth-order valence-corrected chi connectivity index (χ4v) is 3.54. The summed E-state index contributed by atoms with van der Waals surface area (Å²) < 4.78 is 0. The van der Waals surface area contributed by atoms with Crippen LogP contribution < -0.4 is 0 Å². The van der Waals surface area contributed by atoms with Gasteiger partial charge in [0.25, 0.3) is 5.54 Å². The maximum absolute atomic E-state index is 11.5. The third-order valence-electron chi connectivity index (χ3n) is 4.64. The van der Waals surface area contributed by atoms with E-state index >= 15 is 0 Å². The van der Waals surface area contributed by atoms with E-state index in [1.54, 1.807) is 0 Å². The molecule has 0 spiro atoms. The van der Waals surface area contributed by atoms with E-state index in [2.05, 4.69) is 0 Å². The number of likely N-dealkylation sites (tertiary alicyclic amines) is 1. The Morgan fingerprint density at radius 3 is 2.38 bits per heavy atom. The van der Waals surface area contributed by atoms with E-state index in [4.69, 9.17) is 5.11 Å². The van der Waals surface area contributed by atoms with Crippen LogP contribution >= 0.6 is 0 Å². The molecule has 0 saturated carbocycles. The van der Waals surface area contributed by atoms with Crippen molar-refractivity contribution in [2.45, 2.75) is 42.8 Å². The highest BCUT2D eigenvalue weighted by Gasteiger charge is 2.63. The Morgan fingerprint density at radius 1 is 1.21 bits per heavy atom. The number of nitrogens with zero attached hydrogens (tertiary/aromatic N) is 3. The van der Waals surface area contributed by atoms with Gasteiger partial charge in [-0.05, 0) is 12.5 Å². The lowest BCUT2D eigenvalue weighted by Crippen LogP contribution is -2.68. The maximum Gasteiger partial charge on any atom is 0.320 e. The minimum Gasteiger partial charge on any atom is -0.481 e. The molecule has 11 nitrogen and oxygen atoms in total. The Morgan fingerprint density at radius 2 is 1.88 bits per heavy atom. The molecule has 11 heteroatoms. The molecule has 1 saturated heterocycles. The number of rotatable bonds is 7. The zero-order valence-corrected chi connectivity index (χ0v) is 12.7. The Kier molecular flexibility index (Phi) is 4.56. The van der Waals surface area contributed by atoms with Gasteiger partial charge >= 0.3 is 11.9 Å². The third-order valence-corrected chi connectivity index (χ3v) is 4.64. The summed E-state index contributed by atoms with van der Waals surface area (Å²) >= 11 is 0. The molecule has 0 radical (unpaired) electrons. The number of hydrogen-bond acceptors (Lipinski definition) is 7. The first-order valence-corrected chi connectivity index (χ1v) is 7.27. The second-order valence-electron chi connectivity index (χ2n) is 6.32. The van der Waals surface area contributed by atoms with E-state index in [0.717, 1.165) is 0 Å². The summed E-state index contributed by atoms with van der Waals surface area (Å²) in [6, 6.07) is -1.33. The maximum atomic E-state index is 11.5. The molecule has 1 aliphatic carbocycles. The summed E-state index contributed by atoms with van der Waals surface area (Å²) in [4.78, 5) is 45.2. The van der Waals surface area contributed by atoms with E-state index in [0.29, 0.717) is 0 Å². The lowest BCUT2D eigenvalue weighted by Gasteiger charge is -2.45. The Hall–Kier alpha value is -2.56. The normalized spacial score (nSPS) is 30.5. The Labute approximate surface area is 135 Å². The lowest BCUT2D eigenvalue weighted by molar-refractivity contribution is -0.619. The van der Waals surface area contributed by atoms with Gasteiger partial charge in [-0.3, -0.25) is 34.7 Å². The van der Waals surface area contributed by atoms with Crippen LogP contribution in [0.15, 0.2) is 12.2 Å². The van der Waals surface area contributed by atoms with E-state index in [1.807, 2.05) is 0 Å². The second-order valence-corrected chi connectivity index (χ2v) is 6.32. The molecule has 1 aliphatic heterocycles. The molecule has 0 unspecified atom stereocenters. The van der Waals surface area contributed by atoms with Crippen LogP contribution in [-0.4, -0.2) is 67.1 Å². The van der Waals surface area contributed by atoms with Crippen molar-refractivity contribution in [3.8, 4) is 0 Å². The minimum atomic E-state index is -1.74. The monoisotopic (exact) mass is 343 g/mol. The fourth-order valence-electron chi connectivity index (χ4n) is 3.54. The SMILES string of the molecule is O=C(O)CC[C@@H](C(=O)O)N1C[C@@]2([N+](=O)[O-])C=CC[C@@]([N+](=O)[O-])(C1)C2. The van der Waals surface area contributed by atoms with Crippen molar-refractivity contribution < 1.29 is 29.6 Å². The number of hydrogen-bond donors (Lipinski definition) is 2. The van der Waals surface area contributed by atoms with Crippen molar-refractivity contribution in [3.05, 3.63) is 32.4 Å². The first kappa shape index (κ1) is 17.8. The van der Waals surface area contributed by atoms with Crippen molar-refractivity contribution >= 4 is 11.9 Å². The quantitative estimate of drug-likeness (QED) is 0.367. The standard InChI is InChI=1S/C13H17N3O8/c17-10(18)3-2-9(11(19)20)14-7-12(15(21)22)4-1-5-13(6-12,8-14)16(23)24/h1,4,9H,2-3,5-8H2,(H,17,18)(H,19,20)/t9-,12+,13-/m0/s1. The second kappa shape index (κ2) is 6.15. The topological polar surface area (TPSA) is 164 Å².